The minimum Gasteiger partial charge on any atom is -0.496 e. The zero-order valence-electron chi connectivity index (χ0n) is 10.8. The van der Waals surface area contributed by atoms with Crippen LogP contribution >= 0.6 is 0 Å². The molecule has 1 N–H and O–H groups in total. The van der Waals surface area contributed by atoms with Crippen LogP contribution in [-0.4, -0.2) is 20.8 Å². The number of hydrogen-bond donors (Lipinski definition) is 1. The summed E-state index contributed by atoms with van der Waals surface area (Å²) in [6.45, 7) is 7.18. The molecule has 0 aliphatic rings. The van der Waals surface area contributed by atoms with Gasteiger partial charge in [0.05, 0.1) is 13.7 Å². The van der Waals surface area contributed by atoms with Crippen molar-refractivity contribution in [3.63, 3.8) is 0 Å². The first-order valence-electron chi connectivity index (χ1n) is 5.73. The van der Waals surface area contributed by atoms with Gasteiger partial charge in [0.1, 0.15) is 5.75 Å². The van der Waals surface area contributed by atoms with Crippen molar-refractivity contribution in [3.05, 3.63) is 42.0 Å². The van der Waals surface area contributed by atoms with Crippen LogP contribution in [0, 0.1) is 0 Å². The summed E-state index contributed by atoms with van der Waals surface area (Å²) < 4.78 is 10.5. The average molecular weight is 235 g/mol. The second-order valence-corrected chi connectivity index (χ2v) is 3.92. The molecule has 0 saturated carbocycles. The Balaban J connectivity index is 2.86. The number of nitrogens with one attached hydrogen (secondary N) is 1. The lowest BCUT2D eigenvalue weighted by atomic mass is 10.0. The van der Waals surface area contributed by atoms with E-state index in [-0.39, 0.29) is 6.04 Å². The molecule has 0 aliphatic heterocycles. The number of benzene rings is 1. The number of methoxy groups -OCH3 is 2. The van der Waals surface area contributed by atoms with Gasteiger partial charge in [-0.15, -0.1) is 6.58 Å². The zero-order valence-corrected chi connectivity index (χ0v) is 10.8. The van der Waals surface area contributed by atoms with Gasteiger partial charge in [-0.1, -0.05) is 12.1 Å². The molecular weight excluding hydrogens is 214 g/mol. The highest BCUT2D eigenvalue weighted by molar-refractivity contribution is 5.38. The molecular formula is C14H21NO2. The van der Waals surface area contributed by atoms with Crippen LogP contribution in [0.1, 0.15) is 24.1 Å². The van der Waals surface area contributed by atoms with Gasteiger partial charge in [-0.2, -0.15) is 0 Å². The molecule has 1 aromatic rings. The van der Waals surface area contributed by atoms with E-state index in [4.69, 9.17) is 9.47 Å². The van der Waals surface area contributed by atoms with E-state index in [9.17, 15) is 0 Å². The van der Waals surface area contributed by atoms with E-state index in [0.717, 1.165) is 17.9 Å². The summed E-state index contributed by atoms with van der Waals surface area (Å²) in [4.78, 5) is 0. The summed E-state index contributed by atoms with van der Waals surface area (Å²) in [5.41, 5.74) is 2.29. The standard InChI is InChI=1S/C14H21NO2/c1-5-8-15-11(2)12-6-7-14(17-4)13(9-12)10-16-3/h5-7,9,11,15H,1,8,10H2,2-4H3. The predicted octanol–water partition coefficient (Wildman–Crippen LogP) is 2.68. The Bertz CT molecular complexity index is 363. The third-order valence-electron chi connectivity index (χ3n) is 2.67. The molecule has 3 nitrogen and oxygen atoms in total. The molecule has 94 valence electrons. The van der Waals surface area contributed by atoms with Crippen LogP contribution in [0.25, 0.3) is 0 Å². The van der Waals surface area contributed by atoms with Crippen molar-refractivity contribution in [2.24, 2.45) is 0 Å². The molecule has 1 aromatic carbocycles. The van der Waals surface area contributed by atoms with Crippen LogP contribution in [0.5, 0.6) is 5.75 Å². The lowest BCUT2D eigenvalue weighted by Crippen LogP contribution is -2.18. The normalized spacial score (nSPS) is 12.2. The fourth-order valence-corrected chi connectivity index (χ4v) is 1.71. The third kappa shape index (κ3) is 3.88. The SMILES string of the molecule is C=CCNC(C)c1ccc(OC)c(COC)c1. The molecule has 0 aliphatic carbocycles. The molecule has 1 atom stereocenters. The first-order chi connectivity index (χ1) is 8.22. The first kappa shape index (κ1) is 13.7. The minimum absolute atomic E-state index is 0.287. The zero-order chi connectivity index (χ0) is 12.7. The van der Waals surface area contributed by atoms with Crippen molar-refractivity contribution in [1.29, 1.82) is 0 Å². The maximum Gasteiger partial charge on any atom is 0.124 e. The molecule has 0 bridgehead atoms. The highest BCUT2D eigenvalue weighted by Crippen LogP contribution is 2.23. The molecule has 1 unspecified atom stereocenters. The van der Waals surface area contributed by atoms with Gasteiger partial charge in [0.15, 0.2) is 0 Å². The van der Waals surface area contributed by atoms with Crippen LogP contribution in [-0.2, 0) is 11.3 Å². The minimum atomic E-state index is 0.287. The Hall–Kier alpha value is -1.32. The topological polar surface area (TPSA) is 30.5 Å². The van der Waals surface area contributed by atoms with Crippen LogP contribution in [0.15, 0.2) is 30.9 Å². The van der Waals surface area contributed by atoms with Crippen molar-refractivity contribution >= 4 is 0 Å². The van der Waals surface area contributed by atoms with Crippen LogP contribution in [0.3, 0.4) is 0 Å². The molecule has 3 heteroatoms. The van der Waals surface area contributed by atoms with Crippen molar-refractivity contribution < 1.29 is 9.47 Å². The number of ether oxygens (including phenoxy) is 2. The van der Waals surface area contributed by atoms with E-state index in [0.29, 0.717) is 6.61 Å². The predicted molar refractivity (Wildman–Crippen MR) is 70.3 cm³/mol. The molecule has 0 fully saturated rings. The Morgan fingerprint density at radius 2 is 2.18 bits per heavy atom. The van der Waals surface area contributed by atoms with E-state index in [2.05, 4.69) is 31.0 Å². The monoisotopic (exact) mass is 235 g/mol. The summed E-state index contributed by atoms with van der Waals surface area (Å²) in [5, 5.41) is 3.36. The van der Waals surface area contributed by atoms with E-state index in [1.807, 2.05) is 12.1 Å². The lowest BCUT2D eigenvalue weighted by molar-refractivity contribution is 0.181. The maximum absolute atomic E-state index is 5.30. The fourth-order valence-electron chi connectivity index (χ4n) is 1.71. The average Bonchev–Trinajstić information content (AvgIpc) is 2.36. The van der Waals surface area contributed by atoms with Crippen LogP contribution in [0.4, 0.5) is 0 Å². The Morgan fingerprint density at radius 1 is 1.41 bits per heavy atom. The summed E-state index contributed by atoms with van der Waals surface area (Å²) in [6, 6.07) is 6.45. The van der Waals surface area contributed by atoms with Gasteiger partial charge < -0.3 is 14.8 Å². The van der Waals surface area contributed by atoms with Crippen molar-refractivity contribution in [1.82, 2.24) is 5.32 Å². The van der Waals surface area contributed by atoms with Gasteiger partial charge in [0.2, 0.25) is 0 Å². The van der Waals surface area contributed by atoms with Crippen molar-refractivity contribution in [3.8, 4) is 5.75 Å². The molecule has 1 rings (SSSR count). The number of rotatable bonds is 7. The molecule has 0 heterocycles. The third-order valence-corrected chi connectivity index (χ3v) is 2.67. The van der Waals surface area contributed by atoms with E-state index in [1.165, 1.54) is 5.56 Å². The van der Waals surface area contributed by atoms with Crippen LogP contribution < -0.4 is 10.1 Å². The molecule has 0 aromatic heterocycles. The highest BCUT2D eigenvalue weighted by Gasteiger charge is 2.08. The second-order valence-electron chi connectivity index (χ2n) is 3.92. The van der Waals surface area contributed by atoms with Gasteiger partial charge in [-0.05, 0) is 24.6 Å². The number of hydrogen-bond acceptors (Lipinski definition) is 3. The highest BCUT2D eigenvalue weighted by atomic mass is 16.5. The Kier molecular flexibility index (Phi) is 5.73. The smallest absolute Gasteiger partial charge is 0.124 e. The van der Waals surface area contributed by atoms with Gasteiger partial charge in [0.25, 0.3) is 0 Å². The van der Waals surface area contributed by atoms with Crippen molar-refractivity contribution in [2.75, 3.05) is 20.8 Å². The molecule has 0 radical (unpaired) electrons. The maximum atomic E-state index is 5.30. The Labute approximate surface area is 103 Å². The van der Waals surface area contributed by atoms with Gasteiger partial charge in [0, 0.05) is 25.3 Å². The summed E-state index contributed by atoms with van der Waals surface area (Å²) in [7, 11) is 3.36. The second kappa shape index (κ2) is 7.09. The molecule has 17 heavy (non-hydrogen) atoms. The molecule has 0 saturated heterocycles. The van der Waals surface area contributed by atoms with Crippen molar-refractivity contribution in [2.45, 2.75) is 19.6 Å². The quantitative estimate of drug-likeness (QED) is 0.737. The summed E-state index contributed by atoms with van der Waals surface area (Å²) in [6.07, 6.45) is 1.86. The summed E-state index contributed by atoms with van der Waals surface area (Å²) in [5.74, 6) is 0.867. The lowest BCUT2D eigenvalue weighted by Gasteiger charge is -2.16. The van der Waals surface area contributed by atoms with E-state index >= 15 is 0 Å². The van der Waals surface area contributed by atoms with Crippen LogP contribution in [0.2, 0.25) is 0 Å². The van der Waals surface area contributed by atoms with Gasteiger partial charge in [-0.3, -0.25) is 0 Å². The van der Waals surface area contributed by atoms with E-state index in [1.54, 1.807) is 14.2 Å². The van der Waals surface area contributed by atoms with E-state index < -0.39 is 0 Å². The fraction of sp³-hybridized carbons (Fsp3) is 0.429. The van der Waals surface area contributed by atoms with Gasteiger partial charge in [-0.25, -0.2) is 0 Å². The largest absolute Gasteiger partial charge is 0.496 e. The molecule has 0 spiro atoms. The molecule has 0 amide bonds. The Morgan fingerprint density at radius 3 is 2.76 bits per heavy atom. The summed E-state index contributed by atoms with van der Waals surface area (Å²) >= 11 is 0. The van der Waals surface area contributed by atoms with Gasteiger partial charge >= 0.3 is 0 Å². The first-order valence-corrected chi connectivity index (χ1v) is 5.73.